The van der Waals surface area contributed by atoms with Crippen molar-refractivity contribution in [3.63, 3.8) is 0 Å². The Balaban J connectivity index is 1.39. The van der Waals surface area contributed by atoms with Crippen LogP contribution < -0.4 is 4.90 Å². The van der Waals surface area contributed by atoms with Crippen LogP contribution in [-0.4, -0.2) is 36.9 Å². The zero-order chi connectivity index (χ0) is 18.6. The van der Waals surface area contributed by atoms with Crippen LogP contribution >= 0.6 is 15.9 Å². The SMILES string of the molecule is C/C(=N\N1CC[NH+](Cc2cccc3ccccc23)CC1)c1ccc(Br)cc1. The fourth-order valence-electron chi connectivity index (χ4n) is 3.76. The summed E-state index contributed by atoms with van der Waals surface area (Å²) in [5.74, 6) is 0. The van der Waals surface area contributed by atoms with Gasteiger partial charge in [-0.25, -0.2) is 0 Å². The number of hydrazone groups is 1. The lowest BCUT2D eigenvalue weighted by atomic mass is 10.0. The molecule has 0 saturated carbocycles. The first-order chi connectivity index (χ1) is 13.2. The Hall–Kier alpha value is -2.17. The lowest BCUT2D eigenvalue weighted by molar-refractivity contribution is -0.918. The second kappa shape index (κ2) is 8.24. The van der Waals surface area contributed by atoms with Gasteiger partial charge in [0.1, 0.15) is 6.54 Å². The van der Waals surface area contributed by atoms with Crippen LogP contribution in [0.4, 0.5) is 0 Å². The molecule has 4 heteroatoms. The van der Waals surface area contributed by atoms with E-state index in [2.05, 4.69) is 94.6 Å². The molecule has 0 amide bonds. The van der Waals surface area contributed by atoms with E-state index in [0.29, 0.717) is 0 Å². The van der Waals surface area contributed by atoms with E-state index in [0.717, 1.165) is 42.9 Å². The van der Waals surface area contributed by atoms with Crippen LogP contribution in [0.25, 0.3) is 10.8 Å². The molecule has 4 rings (SSSR count). The van der Waals surface area contributed by atoms with Crippen molar-refractivity contribution >= 4 is 32.4 Å². The van der Waals surface area contributed by atoms with Crippen LogP contribution in [0.2, 0.25) is 0 Å². The Morgan fingerprint density at radius 1 is 0.963 bits per heavy atom. The predicted octanol–water partition coefficient (Wildman–Crippen LogP) is 3.73. The van der Waals surface area contributed by atoms with Crippen molar-refractivity contribution in [3.8, 4) is 0 Å². The fourth-order valence-corrected chi connectivity index (χ4v) is 4.03. The molecule has 138 valence electrons. The zero-order valence-corrected chi connectivity index (χ0v) is 17.2. The molecule has 1 N–H and O–H groups in total. The molecule has 0 aliphatic carbocycles. The minimum atomic E-state index is 1.01. The van der Waals surface area contributed by atoms with Gasteiger partial charge in [0.2, 0.25) is 0 Å². The summed E-state index contributed by atoms with van der Waals surface area (Å²) in [5, 5.41) is 9.80. The highest BCUT2D eigenvalue weighted by atomic mass is 79.9. The van der Waals surface area contributed by atoms with Crippen molar-refractivity contribution in [3.05, 3.63) is 82.3 Å². The number of halogens is 1. The van der Waals surface area contributed by atoms with Gasteiger partial charge in [0.25, 0.3) is 0 Å². The van der Waals surface area contributed by atoms with Crippen molar-refractivity contribution in [1.82, 2.24) is 5.01 Å². The molecule has 1 aliphatic rings. The minimum Gasteiger partial charge on any atom is -0.328 e. The Bertz CT molecular complexity index is 936. The molecule has 0 aromatic heterocycles. The monoisotopic (exact) mass is 422 g/mol. The highest BCUT2D eigenvalue weighted by Gasteiger charge is 2.20. The molecule has 0 atom stereocenters. The minimum absolute atomic E-state index is 1.01. The Morgan fingerprint density at radius 3 is 2.44 bits per heavy atom. The van der Waals surface area contributed by atoms with E-state index in [-0.39, 0.29) is 0 Å². The molecule has 27 heavy (non-hydrogen) atoms. The molecule has 1 fully saturated rings. The summed E-state index contributed by atoms with van der Waals surface area (Å²) in [5.41, 5.74) is 3.72. The first-order valence-electron chi connectivity index (χ1n) is 9.55. The molecule has 3 aromatic rings. The van der Waals surface area contributed by atoms with Crippen LogP contribution in [0.3, 0.4) is 0 Å². The number of hydrogen-bond donors (Lipinski definition) is 1. The van der Waals surface area contributed by atoms with Gasteiger partial charge in [-0.15, -0.1) is 0 Å². The average Bonchev–Trinajstić information content (AvgIpc) is 2.70. The third-order valence-corrected chi connectivity index (χ3v) is 5.85. The number of rotatable bonds is 4. The summed E-state index contributed by atoms with van der Waals surface area (Å²) >= 11 is 3.49. The third kappa shape index (κ3) is 4.40. The van der Waals surface area contributed by atoms with Gasteiger partial charge in [-0.2, -0.15) is 5.10 Å². The van der Waals surface area contributed by atoms with Gasteiger partial charge < -0.3 is 4.90 Å². The number of quaternary nitrogens is 1. The van der Waals surface area contributed by atoms with E-state index in [4.69, 9.17) is 5.10 Å². The summed E-state index contributed by atoms with van der Waals surface area (Å²) in [6, 6.07) is 23.7. The van der Waals surface area contributed by atoms with Gasteiger partial charge in [0.05, 0.1) is 31.9 Å². The summed E-state index contributed by atoms with van der Waals surface area (Å²) in [4.78, 5) is 1.64. The van der Waals surface area contributed by atoms with Crippen LogP contribution in [0.15, 0.2) is 76.3 Å². The molecule has 0 unspecified atom stereocenters. The first kappa shape index (κ1) is 18.2. The number of benzene rings is 3. The molecule has 0 bridgehead atoms. The van der Waals surface area contributed by atoms with Gasteiger partial charge in [-0.3, -0.25) is 5.01 Å². The normalized spacial score (nSPS) is 16.1. The van der Waals surface area contributed by atoms with Crippen molar-refractivity contribution in [2.75, 3.05) is 26.2 Å². The highest BCUT2D eigenvalue weighted by molar-refractivity contribution is 9.10. The maximum absolute atomic E-state index is 4.85. The third-order valence-electron chi connectivity index (χ3n) is 5.32. The molecule has 0 spiro atoms. The average molecular weight is 423 g/mol. The highest BCUT2D eigenvalue weighted by Crippen LogP contribution is 2.17. The number of fused-ring (bicyclic) bond motifs is 1. The maximum Gasteiger partial charge on any atom is 0.104 e. The van der Waals surface area contributed by atoms with E-state index >= 15 is 0 Å². The molecule has 1 aliphatic heterocycles. The molecule has 1 saturated heterocycles. The second-order valence-electron chi connectivity index (χ2n) is 7.21. The standard InChI is InChI=1S/C23H24BrN3/c1-18(19-9-11-22(24)12-10-19)25-27-15-13-26(14-16-27)17-21-7-4-6-20-5-2-3-8-23(20)21/h2-12H,13-17H2,1H3/p+1/b25-18+. The van der Waals surface area contributed by atoms with Crippen LogP contribution in [0, 0.1) is 0 Å². The largest absolute Gasteiger partial charge is 0.328 e. The van der Waals surface area contributed by atoms with E-state index in [1.807, 2.05) is 0 Å². The second-order valence-corrected chi connectivity index (χ2v) is 8.13. The summed E-state index contributed by atoms with van der Waals surface area (Å²) in [6.45, 7) is 7.45. The van der Waals surface area contributed by atoms with E-state index < -0.39 is 0 Å². The van der Waals surface area contributed by atoms with Crippen LogP contribution in [0.1, 0.15) is 18.1 Å². The molecule has 1 heterocycles. The van der Waals surface area contributed by atoms with E-state index in [1.165, 1.54) is 21.9 Å². The lowest BCUT2D eigenvalue weighted by Crippen LogP contribution is -3.13. The molecular weight excluding hydrogens is 398 g/mol. The Labute approximate surface area is 169 Å². The van der Waals surface area contributed by atoms with E-state index in [1.54, 1.807) is 4.90 Å². The maximum atomic E-state index is 4.85. The van der Waals surface area contributed by atoms with Crippen molar-refractivity contribution < 1.29 is 4.90 Å². The number of nitrogens with one attached hydrogen (secondary N) is 1. The van der Waals surface area contributed by atoms with E-state index in [9.17, 15) is 0 Å². The van der Waals surface area contributed by atoms with Crippen molar-refractivity contribution in [2.24, 2.45) is 5.10 Å². The van der Waals surface area contributed by atoms with Crippen LogP contribution in [-0.2, 0) is 6.54 Å². The van der Waals surface area contributed by atoms with Gasteiger partial charge in [-0.05, 0) is 35.4 Å². The summed E-state index contributed by atoms with van der Waals surface area (Å²) < 4.78 is 1.10. The lowest BCUT2D eigenvalue weighted by Gasteiger charge is -2.31. The van der Waals surface area contributed by atoms with Crippen molar-refractivity contribution in [1.29, 1.82) is 0 Å². The summed E-state index contributed by atoms with van der Waals surface area (Å²) in [7, 11) is 0. The molecule has 3 nitrogen and oxygen atoms in total. The predicted molar refractivity (Wildman–Crippen MR) is 116 cm³/mol. The summed E-state index contributed by atoms with van der Waals surface area (Å²) in [6.07, 6.45) is 0. The number of piperazine rings is 1. The quantitative estimate of drug-likeness (QED) is 0.635. The van der Waals surface area contributed by atoms with Gasteiger partial charge in [-0.1, -0.05) is 70.5 Å². The smallest absolute Gasteiger partial charge is 0.104 e. The molecule has 3 aromatic carbocycles. The zero-order valence-electron chi connectivity index (χ0n) is 15.7. The van der Waals surface area contributed by atoms with Gasteiger partial charge >= 0.3 is 0 Å². The fraction of sp³-hybridized carbons (Fsp3) is 0.261. The molecular formula is C23H25BrN3+. The van der Waals surface area contributed by atoms with Crippen LogP contribution in [0.5, 0.6) is 0 Å². The number of hydrogen-bond acceptors (Lipinski definition) is 2. The first-order valence-corrected chi connectivity index (χ1v) is 10.3. The topological polar surface area (TPSA) is 20.0 Å². The Morgan fingerprint density at radius 2 is 1.67 bits per heavy atom. The Kier molecular flexibility index (Phi) is 5.55. The number of nitrogens with zero attached hydrogens (tertiary/aromatic N) is 2. The van der Waals surface area contributed by atoms with Crippen molar-refractivity contribution in [2.45, 2.75) is 13.5 Å². The van der Waals surface area contributed by atoms with Gasteiger partial charge in [0.15, 0.2) is 0 Å². The van der Waals surface area contributed by atoms with Gasteiger partial charge in [0, 0.05) is 10.0 Å². The molecule has 0 radical (unpaired) electrons.